The summed E-state index contributed by atoms with van der Waals surface area (Å²) in [6.45, 7) is 8.37. The maximum atomic E-state index is 12.4. The number of piperidine rings is 1. The van der Waals surface area contributed by atoms with Gasteiger partial charge in [-0.3, -0.25) is 9.69 Å². The predicted octanol–water partition coefficient (Wildman–Crippen LogP) is 2.86. The highest BCUT2D eigenvalue weighted by Crippen LogP contribution is 2.23. The van der Waals surface area contributed by atoms with Crippen LogP contribution in [0.15, 0.2) is 24.3 Å². The van der Waals surface area contributed by atoms with Crippen LogP contribution in [-0.4, -0.2) is 29.9 Å². The van der Waals surface area contributed by atoms with Gasteiger partial charge in [0.2, 0.25) is 5.91 Å². The number of carbonyl (C=O) groups excluding carboxylic acids is 1. The average Bonchev–Trinajstić information content (AvgIpc) is 2.45. The molecule has 4 nitrogen and oxygen atoms in total. The smallest absolute Gasteiger partial charge is 0.241 e. The van der Waals surface area contributed by atoms with Gasteiger partial charge >= 0.3 is 0 Å². The summed E-state index contributed by atoms with van der Waals surface area (Å²) in [6.07, 6.45) is 1.23. The van der Waals surface area contributed by atoms with Crippen molar-refractivity contribution in [3.05, 3.63) is 29.8 Å². The molecule has 112 valence electrons. The molecule has 1 fully saturated rings. The maximum absolute atomic E-state index is 12.4. The summed E-state index contributed by atoms with van der Waals surface area (Å²) in [5.74, 6) is 1.25. The van der Waals surface area contributed by atoms with Crippen LogP contribution in [0.5, 0.6) is 0 Å². The molecule has 0 bridgehead atoms. The van der Waals surface area contributed by atoms with Crippen LogP contribution in [0.3, 0.4) is 0 Å². The highest BCUT2D eigenvalue weighted by atomic mass is 16.2. The van der Waals surface area contributed by atoms with Crippen LogP contribution in [0.2, 0.25) is 0 Å². The fourth-order valence-corrected chi connectivity index (χ4v) is 3.11. The van der Waals surface area contributed by atoms with Crippen LogP contribution in [0, 0.1) is 23.2 Å². The molecule has 4 heteroatoms. The van der Waals surface area contributed by atoms with E-state index in [1.807, 2.05) is 13.0 Å². The van der Waals surface area contributed by atoms with Crippen molar-refractivity contribution in [2.45, 2.75) is 33.2 Å². The largest absolute Gasteiger partial charge is 0.325 e. The van der Waals surface area contributed by atoms with Crippen molar-refractivity contribution in [3.8, 4) is 6.07 Å². The molecule has 3 unspecified atom stereocenters. The molecular formula is C17H23N3O. The first-order chi connectivity index (χ1) is 9.99. The molecule has 21 heavy (non-hydrogen) atoms. The van der Waals surface area contributed by atoms with E-state index in [9.17, 15) is 4.79 Å². The lowest BCUT2D eigenvalue weighted by Crippen LogP contribution is -2.48. The fourth-order valence-electron chi connectivity index (χ4n) is 3.11. The number of amides is 1. The number of anilines is 1. The third-order valence-electron chi connectivity index (χ3n) is 4.08. The first-order valence-corrected chi connectivity index (χ1v) is 7.54. The van der Waals surface area contributed by atoms with Crippen LogP contribution < -0.4 is 5.32 Å². The lowest BCUT2D eigenvalue weighted by Gasteiger charge is -2.38. The Balaban J connectivity index is 2.00. The molecule has 1 aliphatic rings. The van der Waals surface area contributed by atoms with E-state index in [0.717, 1.165) is 13.1 Å². The lowest BCUT2D eigenvalue weighted by atomic mass is 9.91. The van der Waals surface area contributed by atoms with E-state index in [1.165, 1.54) is 6.42 Å². The number of hydrogen-bond acceptors (Lipinski definition) is 3. The van der Waals surface area contributed by atoms with Gasteiger partial charge in [-0.15, -0.1) is 0 Å². The van der Waals surface area contributed by atoms with Gasteiger partial charge in [0.15, 0.2) is 0 Å². The van der Waals surface area contributed by atoms with Crippen molar-refractivity contribution < 1.29 is 4.79 Å². The van der Waals surface area contributed by atoms with Crippen molar-refractivity contribution in [2.75, 3.05) is 18.4 Å². The minimum Gasteiger partial charge on any atom is -0.325 e. The molecule has 2 rings (SSSR count). The molecule has 0 spiro atoms. The zero-order chi connectivity index (χ0) is 15.4. The van der Waals surface area contributed by atoms with E-state index in [0.29, 0.717) is 23.1 Å². The second-order valence-corrected chi connectivity index (χ2v) is 6.26. The molecule has 3 atom stereocenters. The van der Waals surface area contributed by atoms with Crippen LogP contribution in [0.25, 0.3) is 0 Å². The standard InChI is InChI=1S/C17H23N3O/c1-12-7-13(2)11-20(10-12)14(3)17(21)19-16-6-4-5-15(8-16)9-18/h4-6,8,12-14H,7,10-11H2,1-3H3,(H,19,21). The summed E-state index contributed by atoms with van der Waals surface area (Å²) in [4.78, 5) is 14.6. The van der Waals surface area contributed by atoms with Crippen molar-refractivity contribution in [2.24, 2.45) is 11.8 Å². The topological polar surface area (TPSA) is 56.1 Å². The Morgan fingerprint density at radius 3 is 2.67 bits per heavy atom. The van der Waals surface area contributed by atoms with E-state index < -0.39 is 0 Å². The van der Waals surface area contributed by atoms with Crippen molar-refractivity contribution in [1.29, 1.82) is 5.26 Å². The minimum absolute atomic E-state index is 0.00797. The Bertz CT molecular complexity index is 539. The quantitative estimate of drug-likeness (QED) is 0.929. The van der Waals surface area contributed by atoms with E-state index in [-0.39, 0.29) is 11.9 Å². The number of carbonyl (C=O) groups is 1. The van der Waals surface area contributed by atoms with Gasteiger partial charge in [-0.05, 0) is 43.4 Å². The number of benzene rings is 1. The van der Waals surface area contributed by atoms with Crippen LogP contribution in [0.1, 0.15) is 32.8 Å². The normalized spacial score (nSPS) is 24.1. The van der Waals surface area contributed by atoms with Gasteiger partial charge in [-0.25, -0.2) is 0 Å². The Kier molecular flexibility index (Phi) is 4.98. The van der Waals surface area contributed by atoms with E-state index in [2.05, 4.69) is 30.1 Å². The van der Waals surface area contributed by atoms with Crippen LogP contribution in [0.4, 0.5) is 5.69 Å². The highest BCUT2D eigenvalue weighted by molar-refractivity contribution is 5.94. The maximum Gasteiger partial charge on any atom is 0.241 e. The summed E-state index contributed by atoms with van der Waals surface area (Å²) in [7, 11) is 0. The van der Waals surface area contributed by atoms with Crippen molar-refractivity contribution in [3.63, 3.8) is 0 Å². The summed E-state index contributed by atoms with van der Waals surface area (Å²) < 4.78 is 0. The van der Waals surface area contributed by atoms with Crippen molar-refractivity contribution >= 4 is 11.6 Å². The first-order valence-electron chi connectivity index (χ1n) is 7.54. The number of likely N-dealkylation sites (tertiary alicyclic amines) is 1. The molecule has 1 saturated heterocycles. The summed E-state index contributed by atoms with van der Waals surface area (Å²) in [5, 5.41) is 11.8. The molecule has 1 aromatic carbocycles. The van der Waals surface area contributed by atoms with Gasteiger partial charge in [0.25, 0.3) is 0 Å². The van der Waals surface area contributed by atoms with Gasteiger partial charge < -0.3 is 5.32 Å². The zero-order valence-electron chi connectivity index (χ0n) is 13.0. The Morgan fingerprint density at radius 2 is 2.05 bits per heavy atom. The van der Waals surface area contributed by atoms with Crippen molar-refractivity contribution in [1.82, 2.24) is 4.90 Å². The van der Waals surface area contributed by atoms with Gasteiger partial charge in [-0.1, -0.05) is 19.9 Å². The van der Waals surface area contributed by atoms with Gasteiger partial charge in [0, 0.05) is 18.8 Å². The molecule has 1 amide bonds. The molecule has 0 radical (unpaired) electrons. The monoisotopic (exact) mass is 285 g/mol. The molecule has 1 aliphatic heterocycles. The molecule has 0 aliphatic carbocycles. The minimum atomic E-state index is -0.152. The number of rotatable bonds is 3. The first kappa shape index (κ1) is 15.5. The summed E-state index contributed by atoms with van der Waals surface area (Å²) in [6, 6.07) is 8.95. The summed E-state index contributed by atoms with van der Waals surface area (Å²) >= 11 is 0. The van der Waals surface area contributed by atoms with Crippen LogP contribution in [-0.2, 0) is 4.79 Å². The second-order valence-electron chi connectivity index (χ2n) is 6.26. The Labute approximate surface area is 126 Å². The Morgan fingerprint density at radius 1 is 1.38 bits per heavy atom. The number of nitrogens with one attached hydrogen (secondary N) is 1. The number of nitriles is 1. The predicted molar refractivity (Wildman–Crippen MR) is 83.8 cm³/mol. The third-order valence-corrected chi connectivity index (χ3v) is 4.08. The fraction of sp³-hybridized carbons (Fsp3) is 0.529. The molecular weight excluding hydrogens is 262 g/mol. The highest BCUT2D eigenvalue weighted by Gasteiger charge is 2.28. The lowest BCUT2D eigenvalue weighted by molar-refractivity contribution is -0.121. The average molecular weight is 285 g/mol. The van der Waals surface area contributed by atoms with Gasteiger partial charge in [-0.2, -0.15) is 5.26 Å². The van der Waals surface area contributed by atoms with E-state index in [4.69, 9.17) is 5.26 Å². The molecule has 1 aromatic rings. The molecule has 1 heterocycles. The summed E-state index contributed by atoms with van der Waals surface area (Å²) in [5.41, 5.74) is 1.24. The third kappa shape index (κ3) is 4.05. The van der Waals surface area contributed by atoms with E-state index >= 15 is 0 Å². The molecule has 0 saturated carbocycles. The zero-order valence-corrected chi connectivity index (χ0v) is 13.0. The van der Waals surface area contributed by atoms with Gasteiger partial charge in [0.05, 0.1) is 17.7 Å². The number of hydrogen-bond donors (Lipinski definition) is 1. The SMILES string of the molecule is CC1CC(C)CN(C(C)C(=O)Nc2cccc(C#N)c2)C1. The Hall–Kier alpha value is -1.86. The molecule has 1 N–H and O–H groups in total. The van der Waals surface area contributed by atoms with Gasteiger partial charge in [0.1, 0.15) is 0 Å². The molecule has 0 aromatic heterocycles. The van der Waals surface area contributed by atoms with Crippen LogP contribution >= 0.6 is 0 Å². The number of nitrogens with zero attached hydrogens (tertiary/aromatic N) is 2. The second kappa shape index (κ2) is 6.73. The van der Waals surface area contributed by atoms with E-state index in [1.54, 1.807) is 18.2 Å².